The van der Waals surface area contributed by atoms with Crippen molar-refractivity contribution in [2.45, 2.75) is 57.4 Å². The molecule has 2 saturated carbocycles. The van der Waals surface area contributed by atoms with Crippen molar-refractivity contribution in [3.8, 4) is 5.75 Å². The van der Waals surface area contributed by atoms with E-state index < -0.39 is 5.97 Å². The fourth-order valence-electron chi connectivity index (χ4n) is 4.97. The number of nitrogens with one attached hydrogen (secondary N) is 1. The number of aliphatic carboxylic acids is 1. The fraction of sp³-hybridized carbons (Fsp3) is 0.619. The molecule has 0 aliphatic heterocycles. The zero-order valence-corrected chi connectivity index (χ0v) is 17.6. The van der Waals surface area contributed by atoms with Crippen LogP contribution in [0.1, 0.15) is 51.9 Å². The highest BCUT2D eigenvalue weighted by Crippen LogP contribution is 2.46. The van der Waals surface area contributed by atoms with E-state index in [4.69, 9.17) is 27.9 Å². The summed E-state index contributed by atoms with van der Waals surface area (Å²) in [4.78, 5) is 23.7. The van der Waals surface area contributed by atoms with E-state index in [-0.39, 0.29) is 17.4 Å². The van der Waals surface area contributed by atoms with E-state index in [9.17, 15) is 14.7 Å². The number of halogens is 2. The molecule has 2 aliphatic carbocycles. The van der Waals surface area contributed by atoms with Crippen molar-refractivity contribution in [2.75, 3.05) is 6.61 Å². The molecule has 1 aromatic rings. The molecule has 0 heterocycles. The van der Waals surface area contributed by atoms with Gasteiger partial charge in [0.15, 0.2) is 0 Å². The number of carboxylic acid groups (broad SMARTS) is 1. The van der Waals surface area contributed by atoms with Crippen LogP contribution in [0.2, 0.25) is 10.0 Å². The third-order valence-corrected chi connectivity index (χ3v) is 6.40. The quantitative estimate of drug-likeness (QED) is 0.604. The molecule has 5 nitrogen and oxygen atoms in total. The van der Waals surface area contributed by atoms with Crippen LogP contribution in [0.25, 0.3) is 0 Å². The van der Waals surface area contributed by atoms with Gasteiger partial charge in [0.25, 0.3) is 0 Å². The van der Waals surface area contributed by atoms with Crippen LogP contribution in [-0.4, -0.2) is 29.1 Å². The van der Waals surface area contributed by atoms with Crippen LogP contribution < -0.4 is 10.1 Å². The zero-order chi connectivity index (χ0) is 20.3. The predicted molar refractivity (Wildman–Crippen MR) is 109 cm³/mol. The number of carbonyl (C=O) groups excluding carboxylic acids is 1. The first-order chi connectivity index (χ1) is 13.2. The van der Waals surface area contributed by atoms with Crippen molar-refractivity contribution in [3.05, 3.63) is 28.2 Å². The van der Waals surface area contributed by atoms with Crippen LogP contribution in [0.15, 0.2) is 18.2 Å². The van der Waals surface area contributed by atoms with E-state index >= 15 is 0 Å². The number of amides is 1. The Kier molecular flexibility index (Phi) is 6.77. The summed E-state index contributed by atoms with van der Waals surface area (Å²) < 4.78 is 5.63. The van der Waals surface area contributed by atoms with Gasteiger partial charge in [0, 0.05) is 17.0 Å². The molecule has 154 valence electrons. The topological polar surface area (TPSA) is 75.6 Å². The van der Waals surface area contributed by atoms with Gasteiger partial charge in [-0.05, 0) is 75.5 Å². The molecule has 0 radical (unpaired) electrons. The summed E-state index contributed by atoms with van der Waals surface area (Å²) in [6, 6.07) is 5.06. The van der Waals surface area contributed by atoms with E-state index in [0.717, 1.165) is 32.1 Å². The molecule has 28 heavy (non-hydrogen) atoms. The Hall–Kier alpha value is -1.46. The molecule has 2 bridgehead atoms. The monoisotopic (exact) mass is 427 g/mol. The Labute approximate surface area is 175 Å². The second-order valence-electron chi connectivity index (χ2n) is 8.52. The summed E-state index contributed by atoms with van der Waals surface area (Å²) in [5.74, 6) is 0.446. The summed E-state index contributed by atoms with van der Waals surface area (Å²) in [5, 5.41) is 13.5. The molecule has 1 aromatic carbocycles. The van der Waals surface area contributed by atoms with Gasteiger partial charge >= 0.3 is 5.97 Å². The highest BCUT2D eigenvalue weighted by Gasteiger charge is 2.44. The third-order valence-electron chi connectivity index (χ3n) is 5.87. The first-order valence-electron chi connectivity index (χ1n) is 9.86. The summed E-state index contributed by atoms with van der Waals surface area (Å²) in [6.45, 7) is 2.49. The smallest absolute Gasteiger partial charge is 0.306 e. The standard InChI is InChI=1S/C21H27Cl2NO4/c1-21(11-13-7-14(12-21)9-15(8-13)20(26)27)24-19(25)3-2-6-28-18-5-4-16(22)10-17(18)23/h4-5,10,13-15H,2-3,6-9,11-12H2,1H3,(H,24,25)(H,26,27). The van der Waals surface area contributed by atoms with Gasteiger partial charge in [0.05, 0.1) is 17.5 Å². The van der Waals surface area contributed by atoms with E-state index in [1.807, 2.05) is 0 Å². The molecule has 1 amide bonds. The molecule has 2 atom stereocenters. The van der Waals surface area contributed by atoms with Gasteiger partial charge in [-0.3, -0.25) is 9.59 Å². The highest BCUT2D eigenvalue weighted by atomic mass is 35.5. The van der Waals surface area contributed by atoms with E-state index in [1.165, 1.54) is 0 Å². The molecule has 2 fully saturated rings. The van der Waals surface area contributed by atoms with Gasteiger partial charge in [-0.2, -0.15) is 0 Å². The number of benzene rings is 1. The SMILES string of the molecule is CC1(NC(=O)CCCOc2ccc(Cl)cc2Cl)CC2CC(CC(C(=O)O)C2)C1. The van der Waals surface area contributed by atoms with Gasteiger partial charge in [-0.25, -0.2) is 0 Å². The number of rotatable bonds is 7. The lowest BCUT2D eigenvalue weighted by molar-refractivity contribution is -0.145. The van der Waals surface area contributed by atoms with Gasteiger partial charge in [0.2, 0.25) is 5.91 Å². The van der Waals surface area contributed by atoms with Gasteiger partial charge in [-0.1, -0.05) is 23.2 Å². The maximum absolute atomic E-state index is 12.4. The number of hydrogen-bond acceptors (Lipinski definition) is 3. The first kappa shape index (κ1) is 21.3. The van der Waals surface area contributed by atoms with Crippen molar-refractivity contribution in [1.29, 1.82) is 0 Å². The average Bonchev–Trinajstić information content (AvgIpc) is 2.58. The first-order valence-corrected chi connectivity index (χ1v) is 10.6. The van der Waals surface area contributed by atoms with E-state index in [2.05, 4.69) is 12.2 Å². The van der Waals surface area contributed by atoms with Crippen LogP contribution in [0, 0.1) is 17.8 Å². The van der Waals surface area contributed by atoms with Crippen molar-refractivity contribution in [3.63, 3.8) is 0 Å². The summed E-state index contributed by atoms with van der Waals surface area (Å²) >= 11 is 11.9. The summed E-state index contributed by atoms with van der Waals surface area (Å²) in [6.07, 6.45) is 5.24. The lowest BCUT2D eigenvalue weighted by Crippen LogP contribution is -2.53. The Morgan fingerprint density at radius 3 is 2.50 bits per heavy atom. The summed E-state index contributed by atoms with van der Waals surface area (Å²) in [7, 11) is 0. The number of hydrogen-bond donors (Lipinski definition) is 2. The fourth-order valence-corrected chi connectivity index (χ4v) is 5.43. The second kappa shape index (κ2) is 8.91. The highest BCUT2D eigenvalue weighted by molar-refractivity contribution is 6.35. The molecule has 2 N–H and O–H groups in total. The maximum Gasteiger partial charge on any atom is 0.306 e. The number of carboxylic acids is 1. The Bertz CT molecular complexity index is 725. The molecule has 2 aliphatic rings. The molecule has 0 saturated heterocycles. The number of fused-ring (bicyclic) bond motifs is 2. The number of carbonyl (C=O) groups is 2. The van der Waals surface area contributed by atoms with Crippen LogP contribution in [0.5, 0.6) is 5.75 Å². The van der Waals surface area contributed by atoms with Crippen LogP contribution in [-0.2, 0) is 9.59 Å². The minimum absolute atomic E-state index is 0.0167. The molecular weight excluding hydrogens is 401 g/mol. The second-order valence-corrected chi connectivity index (χ2v) is 9.36. The van der Waals surface area contributed by atoms with Crippen molar-refractivity contribution in [1.82, 2.24) is 5.32 Å². The molecule has 7 heteroatoms. The molecule has 0 spiro atoms. The van der Waals surface area contributed by atoms with Gasteiger partial charge in [0.1, 0.15) is 5.75 Å². The molecular formula is C21H27Cl2NO4. The normalized spacial score (nSPS) is 29.2. The lowest BCUT2D eigenvalue weighted by Gasteiger charge is -2.47. The average molecular weight is 428 g/mol. The Morgan fingerprint density at radius 2 is 1.89 bits per heavy atom. The molecule has 0 aromatic heterocycles. The van der Waals surface area contributed by atoms with Crippen molar-refractivity contribution >= 4 is 35.1 Å². The van der Waals surface area contributed by atoms with E-state index in [1.54, 1.807) is 18.2 Å². The molecule has 3 rings (SSSR count). The minimum Gasteiger partial charge on any atom is -0.492 e. The number of ether oxygens (including phenoxy) is 1. The Morgan fingerprint density at radius 1 is 1.21 bits per heavy atom. The molecule has 2 unspecified atom stereocenters. The van der Waals surface area contributed by atoms with Crippen LogP contribution in [0.3, 0.4) is 0 Å². The summed E-state index contributed by atoms with van der Waals surface area (Å²) in [5.41, 5.74) is -0.242. The minimum atomic E-state index is -0.678. The van der Waals surface area contributed by atoms with Gasteiger partial charge < -0.3 is 15.2 Å². The maximum atomic E-state index is 12.4. The Balaban J connectivity index is 1.43. The van der Waals surface area contributed by atoms with Gasteiger partial charge in [-0.15, -0.1) is 0 Å². The largest absolute Gasteiger partial charge is 0.492 e. The van der Waals surface area contributed by atoms with Crippen molar-refractivity contribution < 1.29 is 19.4 Å². The predicted octanol–water partition coefficient (Wildman–Crippen LogP) is 4.94. The third kappa shape index (κ3) is 5.54. The van der Waals surface area contributed by atoms with Crippen LogP contribution >= 0.6 is 23.2 Å². The van der Waals surface area contributed by atoms with Crippen LogP contribution in [0.4, 0.5) is 0 Å². The lowest BCUT2D eigenvalue weighted by atomic mass is 9.62. The van der Waals surface area contributed by atoms with E-state index in [0.29, 0.717) is 47.1 Å². The van der Waals surface area contributed by atoms with Crippen molar-refractivity contribution in [2.24, 2.45) is 17.8 Å². The zero-order valence-electron chi connectivity index (χ0n) is 16.0.